The first-order valence-electron chi connectivity index (χ1n) is 7.17. The molecule has 2 aromatic rings. The number of hydrogen-bond acceptors (Lipinski definition) is 2. The quantitative estimate of drug-likeness (QED) is 0.860. The van der Waals surface area contributed by atoms with E-state index < -0.39 is 5.72 Å². The van der Waals surface area contributed by atoms with Crippen molar-refractivity contribution in [3.8, 4) is 0 Å². The van der Waals surface area contributed by atoms with Crippen LogP contribution in [0.25, 0.3) is 5.57 Å². The average molecular weight is 277 g/mol. The Morgan fingerprint density at radius 2 is 1.62 bits per heavy atom. The molecule has 0 saturated carbocycles. The lowest BCUT2D eigenvalue weighted by atomic mass is 9.95. The van der Waals surface area contributed by atoms with Gasteiger partial charge in [-0.1, -0.05) is 72.8 Å². The third-order valence-electron chi connectivity index (χ3n) is 3.64. The van der Waals surface area contributed by atoms with Gasteiger partial charge in [-0.15, -0.1) is 0 Å². The molecular formula is C19H19NO. The Bertz CT molecular complexity index is 646. The first-order chi connectivity index (χ1) is 10.3. The third-order valence-corrected chi connectivity index (χ3v) is 3.64. The molecule has 106 valence electrons. The van der Waals surface area contributed by atoms with Gasteiger partial charge in [0.25, 0.3) is 0 Å². The van der Waals surface area contributed by atoms with Crippen LogP contribution in [0.2, 0.25) is 0 Å². The number of allylic oxidation sites excluding steroid dienone is 2. The fraction of sp³-hybridized carbons (Fsp3) is 0.158. The summed E-state index contributed by atoms with van der Waals surface area (Å²) in [5, 5.41) is 0. The minimum absolute atomic E-state index is 0.524. The van der Waals surface area contributed by atoms with Gasteiger partial charge in [0.2, 0.25) is 0 Å². The van der Waals surface area contributed by atoms with E-state index in [9.17, 15) is 0 Å². The molecular weight excluding hydrogens is 258 g/mol. The second kappa shape index (κ2) is 6.08. The van der Waals surface area contributed by atoms with E-state index in [1.54, 1.807) is 0 Å². The van der Waals surface area contributed by atoms with E-state index in [1.165, 1.54) is 11.1 Å². The summed E-state index contributed by atoms with van der Waals surface area (Å²) in [5.74, 6) is 0. The van der Waals surface area contributed by atoms with Crippen molar-refractivity contribution in [1.29, 1.82) is 0 Å². The molecule has 0 aliphatic heterocycles. The normalized spacial score (nSPS) is 21.1. The largest absolute Gasteiger partial charge is 0.352 e. The van der Waals surface area contributed by atoms with Crippen LogP contribution in [0.5, 0.6) is 0 Å². The zero-order chi connectivity index (χ0) is 14.5. The third kappa shape index (κ3) is 3.48. The SMILES string of the molecule is NC1(OCc2ccccc2)C=CC(c2ccccc2)=CC1. The first kappa shape index (κ1) is 13.8. The molecule has 2 heteroatoms. The zero-order valence-corrected chi connectivity index (χ0v) is 11.9. The Morgan fingerprint density at radius 3 is 2.24 bits per heavy atom. The molecule has 1 aliphatic carbocycles. The van der Waals surface area contributed by atoms with Gasteiger partial charge in [0.1, 0.15) is 5.72 Å². The molecule has 0 bridgehead atoms. The van der Waals surface area contributed by atoms with Crippen LogP contribution < -0.4 is 5.73 Å². The maximum Gasteiger partial charge on any atom is 0.140 e. The topological polar surface area (TPSA) is 35.2 Å². The molecule has 0 saturated heterocycles. The van der Waals surface area contributed by atoms with E-state index in [0.717, 1.165) is 5.56 Å². The van der Waals surface area contributed by atoms with E-state index in [1.807, 2.05) is 60.7 Å². The van der Waals surface area contributed by atoms with Crippen LogP contribution in [-0.2, 0) is 11.3 Å². The summed E-state index contributed by atoms with van der Waals surface area (Å²) in [5.41, 5.74) is 9.11. The smallest absolute Gasteiger partial charge is 0.140 e. The Morgan fingerprint density at radius 1 is 0.952 bits per heavy atom. The number of ether oxygens (including phenoxy) is 1. The lowest BCUT2D eigenvalue weighted by Gasteiger charge is -2.28. The predicted molar refractivity (Wildman–Crippen MR) is 86.3 cm³/mol. The van der Waals surface area contributed by atoms with E-state index in [-0.39, 0.29) is 0 Å². The first-order valence-corrected chi connectivity index (χ1v) is 7.17. The molecule has 2 nitrogen and oxygen atoms in total. The number of nitrogens with two attached hydrogens (primary N) is 1. The van der Waals surface area contributed by atoms with Gasteiger partial charge in [-0.3, -0.25) is 5.73 Å². The zero-order valence-electron chi connectivity index (χ0n) is 11.9. The second-order valence-electron chi connectivity index (χ2n) is 5.29. The molecule has 0 spiro atoms. The summed E-state index contributed by atoms with van der Waals surface area (Å²) in [6.45, 7) is 0.524. The van der Waals surface area contributed by atoms with Gasteiger partial charge in [-0.2, -0.15) is 0 Å². The lowest BCUT2D eigenvalue weighted by Crippen LogP contribution is -2.41. The summed E-state index contributed by atoms with van der Waals surface area (Å²) in [4.78, 5) is 0. The molecule has 0 amide bonds. The highest BCUT2D eigenvalue weighted by atomic mass is 16.5. The minimum Gasteiger partial charge on any atom is -0.352 e. The van der Waals surface area contributed by atoms with Crippen LogP contribution in [-0.4, -0.2) is 5.72 Å². The van der Waals surface area contributed by atoms with Gasteiger partial charge in [-0.25, -0.2) is 0 Å². The average Bonchev–Trinajstić information content (AvgIpc) is 2.56. The van der Waals surface area contributed by atoms with Crippen LogP contribution in [0.3, 0.4) is 0 Å². The number of benzene rings is 2. The standard InChI is InChI=1S/C19H19NO/c20-19(21-15-16-7-3-1-4-8-16)13-11-18(12-14-19)17-9-5-2-6-10-17/h1-13H,14-15,20H2. The van der Waals surface area contributed by atoms with Crippen molar-refractivity contribution in [3.63, 3.8) is 0 Å². The monoisotopic (exact) mass is 277 g/mol. The van der Waals surface area contributed by atoms with Crippen LogP contribution >= 0.6 is 0 Å². The summed E-state index contributed by atoms with van der Waals surface area (Å²) in [7, 11) is 0. The highest BCUT2D eigenvalue weighted by molar-refractivity contribution is 5.75. The Balaban J connectivity index is 1.64. The van der Waals surface area contributed by atoms with Gasteiger partial charge in [0.05, 0.1) is 6.61 Å². The Hall–Kier alpha value is -2.16. The van der Waals surface area contributed by atoms with Crippen molar-refractivity contribution in [2.24, 2.45) is 5.73 Å². The Labute approximate surface area is 125 Å². The van der Waals surface area contributed by atoms with Crippen molar-refractivity contribution in [3.05, 3.63) is 90.0 Å². The van der Waals surface area contributed by atoms with E-state index in [0.29, 0.717) is 13.0 Å². The van der Waals surface area contributed by atoms with E-state index >= 15 is 0 Å². The van der Waals surface area contributed by atoms with E-state index in [2.05, 4.69) is 18.2 Å². The van der Waals surface area contributed by atoms with Crippen LogP contribution in [0.4, 0.5) is 0 Å². The molecule has 1 aliphatic rings. The van der Waals surface area contributed by atoms with Crippen molar-refractivity contribution >= 4 is 5.57 Å². The van der Waals surface area contributed by atoms with Gasteiger partial charge in [0, 0.05) is 6.42 Å². The maximum absolute atomic E-state index is 6.29. The minimum atomic E-state index is -0.714. The maximum atomic E-state index is 6.29. The molecule has 2 aromatic carbocycles. The predicted octanol–water partition coefficient (Wildman–Crippen LogP) is 3.90. The van der Waals surface area contributed by atoms with Gasteiger partial charge in [-0.05, 0) is 22.8 Å². The molecule has 21 heavy (non-hydrogen) atoms. The Kier molecular flexibility index (Phi) is 4.00. The molecule has 2 N–H and O–H groups in total. The highest BCUT2D eigenvalue weighted by Crippen LogP contribution is 2.26. The fourth-order valence-corrected chi connectivity index (χ4v) is 2.38. The molecule has 0 radical (unpaired) electrons. The molecule has 0 heterocycles. The fourth-order valence-electron chi connectivity index (χ4n) is 2.38. The van der Waals surface area contributed by atoms with Gasteiger partial charge < -0.3 is 4.74 Å². The van der Waals surface area contributed by atoms with Gasteiger partial charge >= 0.3 is 0 Å². The number of rotatable bonds is 4. The number of hydrogen-bond donors (Lipinski definition) is 1. The summed E-state index contributed by atoms with van der Waals surface area (Å²) >= 11 is 0. The molecule has 1 atom stereocenters. The molecule has 1 unspecified atom stereocenters. The molecule has 0 aromatic heterocycles. The van der Waals surface area contributed by atoms with Gasteiger partial charge in [0.15, 0.2) is 0 Å². The van der Waals surface area contributed by atoms with Crippen LogP contribution in [0.15, 0.2) is 78.9 Å². The van der Waals surface area contributed by atoms with Crippen LogP contribution in [0, 0.1) is 0 Å². The summed E-state index contributed by atoms with van der Waals surface area (Å²) in [6.07, 6.45) is 6.82. The van der Waals surface area contributed by atoms with E-state index in [4.69, 9.17) is 10.5 Å². The second-order valence-corrected chi connectivity index (χ2v) is 5.29. The van der Waals surface area contributed by atoms with Crippen molar-refractivity contribution in [1.82, 2.24) is 0 Å². The molecule has 3 rings (SSSR count). The summed E-state index contributed by atoms with van der Waals surface area (Å²) < 4.78 is 5.89. The summed E-state index contributed by atoms with van der Waals surface area (Å²) in [6, 6.07) is 20.4. The van der Waals surface area contributed by atoms with Crippen molar-refractivity contribution in [2.45, 2.75) is 18.8 Å². The van der Waals surface area contributed by atoms with Crippen molar-refractivity contribution in [2.75, 3.05) is 0 Å². The lowest BCUT2D eigenvalue weighted by molar-refractivity contribution is -0.0143. The van der Waals surface area contributed by atoms with Crippen molar-refractivity contribution < 1.29 is 4.74 Å². The molecule has 0 fully saturated rings. The van der Waals surface area contributed by atoms with Crippen LogP contribution in [0.1, 0.15) is 17.5 Å². The highest BCUT2D eigenvalue weighted by Gasteiger charge is 2.24.